The Kier molecular flexibility index (Phi) is 10.0. The number of nitrogens with zero attached hydrogens (tertiary/aromatic N) is 2. The van der Waals surface area contributed by atoms with Crippen molar-refractivity contribution in [2.24, 2.45) is 5.92 Å². The summed E-state index contributed by atoms with van der Waals surface area (Å²) < 4.78 is 32.5. The second-order valence-corrected chi connectivity index (χ2v) is 9.51. The molecule has 4 rings (SSSR count). The zero-order valence-electron chi connectivity index (χ0n) is 23.1. The monoisotopic (exact) mass is 542 g/mol. The molecule has 0 bridgehead atoms. The van der Waals surface area contributed by atoms with Crippen LogP contribution in [0.1, 0.15) is 30.0 Å². The summed E-state index contributed by atoms with van der Waals surface area (Å²) in [6.07, 6.45) is 0. The van der Waals surface area contributed by atoms with Crippen molar-refractivity contribution < 1.29 is 38.0 Å². The molecule has 0 radical (unpaired) electrons. The first kappa shape index (κ1) is 28.7. The lowest BCUT2D eigenvalue weighted by Gasteiger charge is -2.30. The van der Waals surface area contributed by atoms with E-state index in [1.807, 2.05) is 42.5 Å². The van der Waals surface area contributed by atoms with Gasteiger partial charge in [0.2, 0.25) is 12.7 Å². The molecule has 0 N–H and O–H groups in total. The number of fused-ring (bicyclic) bond motifs is 1. The topological polar surface area (TPSA) is 96.0 Å². The van der Waals surface area contributed by atoms with Crippen molar-refractivity contribution in [1.29, 1.82) is 0 Å². The Hall–Kier alpha value is -3.34. The van der Waals surface area contributed by atoms with E-state index >= 15 is 0 Å². The van der Waals surface area contributed by atoms with Crippen LogP contribution in [0.25, 0.3) is 0 Å². The molecule has 2 aliphatic rings. The molecule has 2 aromatic carbocycles. The van der Waals surface area contributed by atoms with E-state index in [0.717, 1.165) is 11.1 Å². The molecule has 2 heterocycles. The quantitative estimate of drug-likeness (QED) is 0.354. The van der Waals surface area contributed by atoms with Crippen LogP contribution in [-0.2, 0) is 23.8 Å². The van der Waals surface area contributed by atoms with Crippen molar-refractivity contribution in [2.75, 3.05) is 74.1 Å². The standard InChI is InChI=1S/C29H38N2O8/c1-5-37-29(33)27-23(21-8-11-24-25(16-21)39-19-38-24)17-31(28(27)20-6-9-22(36-4)10-7-20)18-26(32)30(12-14-34-2)13-15-35-3/h6-11,16,23,27-28H,5,12-15,17-19H2,1-4H3/t23-,27-,28+/m1/s1. The molecule has 2 aliphatic heterocycles. The summed E-state index contributed by atoms with van der Waals surface area (Å²) in [5.41, 5.74) is 1.84. The van der Waals surface area contributed by atoms with Gasteiger partial charge in [-0.3, -0.25) is 14.5 Å². The zero-order valence-corrected chi connectivity index (χ0v) is 23.1. The molecule has 0 aromatic heterocycles. The maximum Gasteiger partial charge on any atom is 0.311 e. The Balaban J connectivity index is 1.71. The zero-order chi connectivity index (χ0) is 27.8. The lowest BCUT2D eigenvalue weighted by molar-refractivity contribution is -0.150. The molecule has 10 heteroatoms. The van der Waals surface area contributed by atoms with Crippen LogP contribution in [0.15, 0.2) is 42.5 Å². The van der Waals surface area contributed by atoms with Gasteiger partial charge >= 0.3 is 5.97 Å². The molecule has 212 valence electrons. The van der Waals surface area contributed by atoms with Gasteiger partial charge in [0.25, 0.3) is 0 Å². The normalized spacial score (nSPS) is 20.2. The first-order chi connectivity index (χ1) is 19.0. The molecule has 1 fully saturated rings. The molecular weight excluding hydrogens is 504 g/mol. The number of carbonyl (C=O) groups excluding carboxylic acids is 2. The number of carbonyl (C=O) groups is 2. The van der Waals surface area contributed by atoms with E-state index in [1.165, 1.54) is 0 Å². The summed E-state index contributed by atoms with van der Waals surface area (Å²) in [5.74, 6) is 0.904. The number of esters is 1. The molecule has 0 spiro atoms. The van der Waals surface area contributed by atoms with E-state index in [2.05, 4.69) is 4.90 Å². The molecule has 1 amide bonds. The van der Waals surface area contributed by atoms with Crippen LogP contribution >= 0.6 is 0 Å². The fourth-order valence-electron chi connectivity index (χ4n) is 5.34. The first-order valence-corrected chi connectivity index (χ1v) is 13.2. The van der Waals surface area contributed by atoms with E-state index in [1.54, 1.807) is 33.2 Å². The van der Waals surface area contributed by atoms with Gasteiger partial charge in [-0.15, -0.1) is 0 Å². The number of rotatable bonds is 13. The highest BCUT2D eigenvalue weighted by molar-refractivity contribution is 5.80. The predicted molar refractivity (Wildman–Crippen MR) is 143 cm³/mol. The molecule has 1 saturated heterocycles. The summed E-state index contributed by atoms with van der Waals surface area (Å²) in [6.45, 7) is 4.58. The van der Waals surface area contributed by atoms with E-state index < -0.39 is 5.92 Å². The van der Waals surface area contributed by atoms with Gasteiger partial charge in [-0.2, -0.15) is 0 Å². The van der Waals surface area contributed by atoms with Gasteiger partial charge in [-0.05, 0) is 42.3 Å². The van der Waals surface area contributed by atoms with Gasteiger partial charge in [-0.25, -0.2) is 0 Å². The Bertz CT molecular complexity index is 1100. The van der Waals surface area contributed by atoms with Gasteiger partial charge in [0.15, 0.2) is 11.5 Å². The second-order valence-electron chi connectivity index (χ2n) is 9.51. The lowest BCUT2D eigenvalue weighted by Crippen LogP contribution is -2.43. The van der Waals surface area contributed by atoms with Crippen LogP contribution in [0.2, 0.25) is 0 Å². The summed E-state index contributed by atoms with van der Waals surface area (Å²) in [5, 5.41) is 0. The lowest BCUT2D eigenvalue weighted by atomic mass is 9.82. The van der Waals surface area contributed by atoms with Crippen molar-refractivity contribution in [3.63, 3.8) is 0 Å². The third-order valence-electron chi connectivity index (χ3n) is 7.26. The molecule has 0 unspecified atom stereocenters. The maximum atomic E-state index is 13.6. The molecule has 0 saturated carbocycles. The number of hydrogen-bond donors (Lipinski definition) is 0. The minimum absolute atomic E-state index is 0.0587. The maximum absolute atomic E-state index is 13.6. The van der Waals surface area contributed by atoms with Crippen LogP contribution in [0.5, 0.6) is 17.2 Å². The van der Waals surface area contributed by atoms with Crippen LogP contribution in [0.3, 0.4) is 0 Å². The predicted octanol–water partition coefficient (Wildman–Crippen LogP) is 2.87. The van der Waals surface area contributed by atoms with Gasteiger partial charge in [0.1, 0.15) is 5.75 Å². The highest BCUT2D eigenvalue weighted by atomic mass is 16.7. The highest BCUT2D eigenvalue weighted by Gasteiger charge is 2.49. The number of hydrogen-bond acceptors (Lipinski definition) is 9. The highest BCUT2D eigenvalue weighted by Crippen LogP contribution is 2.48. The number of benzene rings is 2. The summed E-state index contributed by atoms with van der Waals surface area (Å²) >= 11 is 0. The summed E-state index contributed by atoms with van der Waals surface area (Å²) in [6, 6.07) is 13.0. The molecular formula is C29H38N2O8. The van der Waals surface area contributed by atoms with Gasteiger partial charge in [0, 0.05) is 45.8 Å². The molecule has 39 heavy (non-hydrogen) atoms. The van der Waals surface area contributed by atoms with Crippen molar-refractivity contribution in [3.8, 4) is 17.2 Å². The number of likely N-dealkylation sites (tertiary alicyclic amines) is 1. The third-order valence-corrected chi connectivity index (χ3v) is 7.26. The van der Waals surface area contributed by atoms with Crippen LogP contribution in [0.4, 0.5) is 0 Å². The van der Waals surface area contributed by atoms with Gasteiger partial charge in [0.05, 0.1) is 39.4 Å². The fourth-order valence-corrected chi connectivity index (χ4v) is 5.34. The van der Waals surface area contributed by atoms with Gasteiger partial charge in [-0.1, -0.05) is 18.2 Å². The Labute approximate surface area is 229 Å². The van der Waals surface area contributed by atoms with Crippen molar-refractivity contribution in [1.82, 2.24) is 9.80 Å². The van der Waals surface area contributed by atoms with E-state index in [-0.39, 0.29) is 43.8 Å². The Morgan fingerprint density at radius 2 is 1.62 bits per heavy atom. The van der Waals surface area contributed by atoms with Crippen molar-refractivity contribution in [2.45, 2.75) is 18.9 Å². The van der Waals surface area contributed by atoms with E-state index in [9.17, 15) is 9.59 Å². The minimum Gasteiger partial charge on any atom is -0.497 e. The fraction of sp³-hybridized carbons (Fsp3) is 0.517. The van der Waals surface area contributed by atoms with Crippen molar-refractivity contribution in [3.05, 3.63) is 53.6 Å². The van der Waals surface area contributed by atoms with Crippen LogP contribution in [-0.4, -0.2) is 95.8 Å². The van der Waals surface area contributed by atoms with Crippen molar-refractivity contribution >= 4 is 11.9 Å². The largest absolute Gasteiger partial charge is 0.497 e. The second kappa shape index (κ2) is 13.6. The SMILES string of the molecule is CCOC(=O)[C@@H]1[C@@H](c2ccc3c(c2)OCO3)CN(CC(=O)N(CCOC)CCOC)[C@H]1c1ccc(OC)cc1. The Morgan fingerprint density at radius 1 is 0.949 bits per heavy atom. The number of amides is 1. The van der Waals surface area contributed by atoms with Gasteiger partial charge < -0.3 is 33.3 Å². The molecule has 10 nitrogen and oxygen atoms in total. The average molecular weight is 543 g/mol. The average Bonchev–Trinajstić information content (AvgIpc) is 3.57. The summed E-state index contributed by atoms with van der Waals surface area (Å²) in [7, 11) is 4.83. The first-order valence-electron chi connectivity index (χ1n) is 13.2. The van der Waals surface area contributed by atoms with E-state index in [4.69, 9.17) is 28.4 Å². The van der Waals surface area contributed by atoms with Crippen LogP contribution < -0.4 is 14.2 Å². The summed E-state index contributed by atoms with van der Waals surface area (Å²) in [4.78, 5) is 31.0. The molecule has 0 aliphatic carbocycles. The van der Waals surface area contributed by atoms with Crippen LogP contribution in [0, 0.1) is 5.92 Å². The number of ether oxygens (including phenoxy) is 6. The smallest absolute Gasteiger partial charge is 0.311 e. The third kappa shape index (κ3) is 6.63. The number of methoxy groups -OCH3 is 3. The molecule has 2 aromatic rings. The molecule has 3 atom stereocenters. The Morgan fingerprint density at radius 3 is 2.26 bits per heavy atom. The van der Waals surface area contributed by atoms with E-state index in [0.29, 0.717) is 50.1 Å². The minimum atomic E-state index is -0.544.